The standard InChI is InChI=1S/C12H21F3N2O/c1-3-17(4-2)9-5-6-11(16-8-18)10(7-9)12(13,14)15/h8-11H,3-7H2,1-2H3,(H,16,18). The fraction of sp³-hybridized carbons (Fsp3) is 0.917. The number of rotatable bonds is 5. The van der Waals surface area contributed by atoms with Gasteiger partial charge in [-0.1, -0.05) is 13.8 Å². The molecule has 3 unspecified atom stereocenters. The summed E-state index contributed by atoms with van der Waals surface area (Å²) in [5.41, 5.74) is 0. The Kier molecular flexibility index (Phi) is 5.44. The molecular formula is C12H21F3N2O. The molecule has 18 heavy (non-hydrogen) atoms. The summed E-state index contributed by atoms with van der Waals surface area (Å²) in [7, 11) is 0. The molecule has 106 valence electrons. The van der Waals surface area contributed by atoms with Crippen LogP contribution in [0.15, 0.2) is 0 Å². The highest BCUT2D eigenvalue weighted by Gasteiger charge is 2.48. The lowest BCUT2D eigenvalue weighted by Crippen LogP contribution is -2.51. The van der Waals surface area contributed by atoms with Crippen molar-refractivity contribution in [2.75, 3.05) is 13.1 Å². The van der Waals surface area contributed by atoms with Gasteiger partial charge in [-0.3, -0.25) is 4.79 Å². The van der Waals surface area contributed by atoms with E-state index >= 15 is 0 Å². The number of carbonyl (C=O) groups excluding carboxylic acids is 1. The van der Waals surface area contributed by atoms with Gasteiger partial charge in [0.2, 0.25) is 6.41 Å². The number of halogens is 3. The normalized spacial score (nSPS) is 29.3. The van der Waals surface area contributed by atoms with Gasteiger partial charge < -0.3 is 10.2 Å². The third-order valence-electron chi connectivity index (χ3n) is 3.85. The summed E-state index contributed by atoms with van der Waals surface area (Å²) in [4.78, 5) is 12.4. The molecule has 1 amide bonds. The average molecular weight is 266 g/mol. The van der Waals surface area contributed by atoms with Gasteiger partial charge in [0.1, 0.15) is 0 Å². The zero-order chi connectivity index (χ0) is 13.8. The van der Waals surface area contributed by atoms with Crippen LogP contribution in [0.5, 0.6) is 0 Å². The number of nitrogens with one attached hydrogen (secondary N) is 1. The second-order valence-corrected chi connectivity index (χ2v) is 4.73. The van der Waals surface area contributed by atoms with E-state index in [1.807, 2.05) is 13.8 Å². The topological polar surface area (TPSA) is 32.3 Å². The molecule has 3 nitrogen and oxygen atoms in total. The summed E-state index contributed by atoms with van der Waals surface area (Å²) in [6.07, 6.45) is -2.69. The Bertz CT molecular complexity index is 267. The number of nitrogens with zero attached hydrogens (tertiary/aromatic N) is 1. The van der Waals surface area contributed by atoms with E-state index in [1.165, 1.54) is 0 Å². The summed E-state index contributed by atoms with van der Waals surface area (Å²) in [6.45, 7) is 5.44. The summed E-state index contributed by atoms with van der Waals surface area (Å²) >= 11 is 0. The van der Waals surface area contributed by atoms with Gasteiger partial charge in [-0.05, 0) is 32.4 Å². The summed E-state index contributed by atoms with van der Waals surface area (Å²) in [5.74, 6) is -1.43. The third-order valence-corrected chi connectivity index (χ3v) is 3.85. The summed E-state index contributed by atoms with van der Waals surface area (Å²) in [6, 6.07) is -0.800. The van der Waals surface area contributed by atoms with Crippen molar-refractivity contribution in [1.82, 2.24) is 10.2 Å². The quantitative estimate of drug-likeness (QED) is 0.773. The van der Waals surface area contributed by atoms with Crippen LogP contribution in [0.25, 0.3) is 0 Å². The Labute approximate surface area is 106 Å². The Morgan fingerprint density at radius 3 is 2.33 bits per heavy atom. The monoisotopic (exact) mass is 266 g/mol. The first kappa shape index (κ1) is 15.3. The molecule has 0 saturated heterocycles. The maximum atomic E-state index is 13.0. The average Bonchev–Trinajstić information content (AvgIpc) is 2.31. The Hall–Kier alpha value is -0.780. The highest BCUT2D eigenvalue weighted by Crippen LogP contribution is 2.39. The molecule has 0 radical (unpaired) electrons. The van der Waals surface area contributed by atoms with Crippen molar-refractivity contribution in [1.29, 1.82) is 0 Å². The van der Waals surface area contributed by atoms with Gasteiger partial charge in [-0.15, -0.1) is 0 Å². The summed E-state index contributed by atoms with van der Waals surface area (Å²) < 4.78 is 39.0. The first-order valence-corrected chi connectivity index (χ1v) is 6.44. The highest BCUT2D eigenvalue weighted by atomic mass is 19.4. The Balaban J connectivity index is 2.75. The SMILES string of the molecule is CCN(CC)C1CCC(NC=O)C(C(F)(F)F)C1. The van der Waals surface area contributed by atoms with Crippen molar-refractivity contribution < 1.29 is 18.0 Å². The van der Waals surface area contributed by atoms with Gasteiger partial charge in [0.05, 0.1) is 5.92 Å². The van der Waals surface area contributed by atoms with Gasteiger partial charge >= 0.3 is 6.18 Å². The smallest absolute Gasteiger partial charge is 0.355 e. The first-order valence-electron chi connectivity index (χ1n) is 6.44. The van der Waals surface area contributed by atoms with E-state index in [-0.39, 0.29) is 12.5 Å². The van der Waals surface area contributed by atoms with Crippen LogP contribution in [0.2, 0.25) is 0 Å². The largest absolute Gasteiger partial charge is 0.393 e. The molecule has 0 aliphatic heterocycles. The molecule has 0 heterocycles. The number of alkyl halides is 3. The van der Waals surface area contributed by atoms with Crippen LogP contribution in [0.4, 0.5) is 13.2 Å². The molecule has 0 spiro atoms. The predicted molar refractivity (Wildman–Crippen MR) is 63.1 cm³/mol. The van der Waals surface area contributed by atoms with Crippen molar-refractivity contribution >= 4 is 6.41 Å². The minimum Gasteiger partial charge on any atom is -0.355 e. The van der Waals surface area contributed by atoms with E-state index in [0.717, 1.165) is 13.1 Å². The molecule has 3 atom stereocenters. The lowest BCUT2D eigenvalue weighted by atomic mass is 9.80. The second-order valence-electron chi connectivity index (χ2n) is 4.73. The fourth-order valence-corrected chi connectivity index (χ4v) is 2.87. The molecule has 6 heteroatoms. The van der Waals surface area contributed by atoms with Crippen molar-refractivity contribution in [3.8, 4) is 0 Å². The Morgan fingerprint density at radius 1 is 1.28 bits per heavy atom. The maximum Gasteiger partial charge on any atom is 0.393 e. The van der Waals surface area contributed by atoms with Crippen LogP contribution in [0.1, 0.15) is 33.1 Å². The van der Waals surface area contributed by atoms with Gasteiger partial charge in [0, 0.05) is 12.1 Å². The molecule has 1 N–H and O–H groups in total. The van der Waals surface area contributed by atoms with Gasteiger partial charge in [-0.2, -0.15) is 13.2 Å². The lowest BCUT2D eigenvalue weighted by Gasteiger charge is -2.41. The molecule has 0 bridgehead atoms. The molecule has 1 fully saturated rings. The molecule has 1 aliphatic carbocycles. The molecule has 1 rings (SSSR count). The predicted octanol–water partition coefficient (Wildman–Crippen LogP) is 2.17. The van der Waals surface area contributed by atoms with E-state index in [9.17, 15) is 18.0 Å². The van der Waals surface area contributed by atoms with E-state index in [1.54, 1.807) is 0 Å². The lowest BCUT2D eigenvalue weighted by molar-refractivity contribution is -0.193. The van der Waals surface area contributed by atoms with E-state index < -0.39 is 18.1 Å². The molecule has 0 aromatic carbocycles. The van der Waals surface area contributed by atoms with Gasteiger partial charge in [0.25, 0.3) is 0 Å². The number of hydrogen-bond acceptors (Lipinski definition) is 2. The molecular weight excluding hydrogens is 245 g/mol. The zero-order valence-corrected chi connectivity index (χ0v) is 10.8. The van der Waals surface area contributed by atoms with E-state index in [0.29, 0.717) is 19.3 Å². The van der Waals surface area contributed by atoms with Crippen LogP contribution in [-0.4, -0.2) is 42.7 Å². The van der Waals surface area contributed by atoms with Crippen LogP contribution in [0.3, 0.4) is 0 Å². The van der Waals surface area contributed by atoms with E-state index in [4.69, 9.17) is 0 Å². The Morgan fingerprint density at radius 2 is 1.89 bits per heavy atom. The zero-order valence-electron chi connectivity index (χ0n) is 10.8. The van der Waals surface area contributed by atoms with Crippen molar-refractivity contribution in [2.45, 2.75) is 51.4 Å². The molecule has 0 aromatic heterocycles. The van der Waals surface area contributed by atoms with Crippen LogP contribution >= 0.6 is 0 Å². The first-order chi connectivity index (χ1) is 8.43. The number of hydrogen-bond donors (Lipinski definition) is 1. The van der Waals surface area contributed by atoms with Gasteiger partial charge in [-0.25, -0.2) is 0 Å². The molecule has 1 saturated carbocycles. The maximum absolute atomic E-state index is 13.0. The minimum atomic E-state index is -4.24. The van der Waals surface area contributed by atoms with Crippen molar-refractivity contribution in [3.63, 3.8) is 0 Å². The van der Waals surface area contributed by atoms with Gasteiger partial charge in [0.15, 0.2) is 0 Å². The van der Waals surface area contributed by atoms with Crippen LogP contribution in [0, 0.1) is 5.92 Å². The second kappa shape index (κ2) is 6.41. The van der Waals surface area contributed by atoms with E-state index in [2.05, 4.69) is 10.2 Å². The molecule has 0 aromatic rings. The summed E-state index contributed by atoms with van der Waals surface area (Å²) in [5, 5.41) is 2.32. The fourth-order valence-electron chi connectivity index (χ4n) is 2.87. The van der Waals surface area contributed by atoms with Crippen molar-refractivity contribution in [2.24, 2.45) is 5.92 Å². The third kappa shape index (κ3) is 3.60. The highest BCUT2D eigenvalue weighted by molar-refractivity contribution is 5.46. The number of carbonyl (C=O) groups is 1. The van der Waals surface area contributed by atoms with Crippen LogP contribution in [-0.2, 0) is 4.79 Å². The van der Waals surface area contributed by atoms with Crippen LogP contribution < -0.4 is 5.32 Å². The number of amides is 1. The molecule has 1 aliphatic rings. The minimum absolute atomic E-state index is 0.0312. The van der Waals surface area contributed by atoms with Crippen molar-refractivity contribution in [3.05, 3.63) is 0 Å².